The van der Waals surface area contributed by atoms with Crippen LogP contribution >= 0.6 is 0 Å². The number of nitrogens with zero attached hydrogens (tertiary/aromatic N) is 2. The molecule has 1 aromatic heterocycles. The molecule has 3 aromatic rings. The van der Waals surface area contributed by atoms with Gasteiger partial charge in [0.1, 0.15) is 0 Å². The summed E-state index contributed by atoms with van der Waals surface area (Å²) in [6.07, 6.45) is 4.28. The quantitative estimate of drug-likeness (QED) is 0.692. The average molecular weight is 347 g/mol. The van der Waals surface area contributed by atoms with Crippen LogP contribution in [0.5, 0.6) is 0 Å². The highest BCUT2D eigenvalue weighted by Gasteiger charge is 2.07. The molecule has 3 rings (SSSR count). The molecule has 26 heavy (non-hydrogen) atoms. The standard InChI is InChI=1S/C20H17N3O3/c1-14-12-13-21-23(14)18-9-5-16(6-10-18)20(26)22-17-7-2-15(3-8-17)4-11-19(24)25/h2-13H,1H3,(H,22,26)(H,24,25)/b11-4+. The Morgan fingerprint density at radius 1 is 1.04 bits per heavy atom. The van der Waals surface area contributed by atoms with Crippen molar-refractivity contribution in [3.63, 3.8) is 0 Å². The molecular formula is C20H17N3O3. The van der Waals surface area contributed by atoms with E-state index in [-0.39, 0.29) is 5.91 Å². The summed E-state index contributed by atoms with van der Waals surface area (Å²) >= 11 is 0. The molecule has 130 valence electrons. The van der Waals surface area contributed by atoms with Crippen molar-refractivity contribution in [1.29, 1.82) is 0 Å². The van der Waals surface area contributed by atoms with Crippen LogP contribution in [-0.4, -0.2) is 26.8 Å². The molecule has 6 heteroatoms. The number of aliphatic carboxylic acids is 1. The molecule has 0 unspecified atom stereocenters. The number of carbonyl (C=O) groups excluding carboxylic acids is 1. The Morgan fingerprint density at radius 3 is 2.31 bits per heavy atom. The van der Waals surface area contributed by atoms with Crippen LogP contribution < -0.4 is 5.32 Å². The third kappa shape index (κ3) is 4.05. The highest BCUT2D eigenvalue weighted by atomic mass is 16.4. The zero-order valence-corrected chi connectivity index (χ0v) is 14.1. The van der Waals surface area contributed by atoms with Gasteiger partial charge in [0.2, 0.25) is 0 Å². The first-order valence-electron chi connectivity index (χ1n) is 7.96. The Labute approximate surface area is 150 Å². The third-order valence-corrected chi connectivity index (χ3v) is 3.79. The summed E-state index contributed by atoms with van der Waals surface area (Å²) in [7, 11) is 0. The maximum absolute atomic E-state index is 12.4. The fourth-order valence-corrected chi connectivity index (χ4v) is 2.44. The zero-order chi connectivity index (χ0) is 18.5. The molecule has 0 bridgehead atoms. The number of amides is 1. The Hall–Kier alpha value is -3.67. The van der Waals surface area contributed by atoms with E-state index in [1.807, 2.05) is 25.1 Å². The van der Waals surface area contributed by atoms with Crippen LogP contribution in [0.1, 0.15) is 21.6 Å². The van der Waals surface area contributed by atoms with Crippen molar-refractivity contribution in [3.05, 3.63) is 83.7 Å². The van der Waals surface area contributed by atoms with E-state index in [9.17, 15) is 9.59 Å². The smallest absolute Gasteiger partial charge is 0.328 e. The van der Waals surface area contributed by atoms with E-state index in [1.165, 1.54) is 6.08 Å². The molecule has 0 saturated heterocycles. The number of aryl methyl sites for hydroxylation is 1. The van der Waals surface area contributed by atoms with E-state index in [2.05, 4.69) is 10.4 Å². The topological polar surface area (TPSA) is 84.2 Å². The minimum atomic E-state index is -1.00. The lowest BCUT2D eigenvalue weighted by molar-refractivity contribution is -0.131. The van der Waals surface area contributed by atoms with Gasteiger partial charge in [0.25, 0.3) is 5.91 Å². The summed E-state index contributed by atoms with van der Waals surface area (Å²) in [5.74, 6) is -1.22. The first-order valence-corrected chi connectivity index (χ1v) is 7.96. The van der Waals surface area contributed by atoms with Crippen LogP contribution in [-0.2, 0) is 4.79 Å². The number of aromatic nitrogens is 2. The van der Waals surface area contributed by atoms with Gasteiger partial charge in [-0.2, -0.15) is 5.10 Å². The molecule has 0 saturated carbocycles. The van der Waals surface area contributed by atoms with E-state index >= 15 is 0 Å². The lowest BCUT2D eigenvalue weighted by atomic mass is 10.1. The molecule has 0 aliphatic heterocycles. The van der Waals surface area contributed by atoms with Gasteiger partial charge >= 0.3 is 5.97 Å². The van der Waals surface area contributed by atoms with Gasteiger partial charge in [-0.1, -0.05) is 12.1 Å². The number of carboxylic acids is 1. The van der Waals surface area contributed by atoms with E-state index in [4.69, 9.17) is 5.11 Å². The van der Waals surface area contributed by atoms with Crippen molar-refractivity contribution >= 4 is 23.6 Å². The maximum atomic E-state index is 12.4. The van der Waals surface area contributed by atoms with Gasteiger partial charge in [-0.15, -0.1) is 0 Å². The second-order valence-corrected chi connectivity index (χ2v) is 5.68. The van der Waals surface area contributed by atoms with Gasteiger partial charge in [0.15, 0.2) is 0 Å². The number of carboxylic acid groups (broad SMARTS) is 1. The Morgan fingerprint density at radius 2 is 1.73 bits per heavy atom. The van der Waals surface area contributed by atoms with Crippen molar-refractivity contribution < 1.29 is 14.7 Å². The Kier molecular flexibility index (Phi) is 4.94. The van der Waals surface area contributed by atoms with Crippen LogP contribution in [0.15, 0.2) is 66.9 Å². The zero-order valence-electron chi connectivity index (χ0n) is 14.1. The molecule has 0 radical (unpaired) electrons. The van der Waals surface area contributed by atoms with Crippen molar-refractivity contribution in [2.45, 2.75) is 6.92 Å². The monoisotopic (exact) mass is 347 g/mol. The predicted molar refractivity (Wildman–Crippen MR) is 99.4 cm³/mol. The number of hydrogen-bond donors (Lipinski definition) is 2. The van der Waals surface area contributed by atoms with Crippen LogP contribution in [0.2, 0.25) is 0 Å². The van der Waals surface area contributed by atoms with Crippen LogP contribution in [0.3, 0.4) is 0 Å². The van der Waals surface area contributed by atoms with Crippen LogP contribution in [0, 0.1) is 6.92 Å². The summed E-state index contributed by atoms with van der Waals surface area (Å²) in [4.78, 5) is 22.9. The summed E-state index contributed by atoms with van der Waals surface area (Å²) in [5, 5.41) is 15.7. The third-order valence-electron chi connectivity index (χ3n) is 3.79. The highest BCUT2D eigenvalue weighted by Crippen LogP contribution is 2.15. The van der Waals surface area contributed by atoms with Gasteiger partial charge in [0, 0.05) is 29.2 Å². The summed E-state index contributed by atoms with van der Waals surface area (Å²) in [6.45, 7) is 1.96. The maximum Gasteiger partial charge on any atom is 0.328 e. The molecule has 6 nitrogen and oxygen atoms in total. The Bertz CT molecular complexity index is 955. The molecule has 0 atom stereocenters. The normalized spacial score (nSPS) is 10.8. The lowest BCUT2D eigenvalue weighted by Crippen LogP contribution is -2.12. The molecule has 2 aromatic carbocycles. The molecule has 2 N–H and O–H groups in total. The minimum absolute atomic E-state index is 0.220. The van der Waals surface area contributed by atoms with Gasteiger partial charge in [0.05, 0.1) is 5.69 Å². The number of carbonyl (C=O) groups is 2. The van der Waals surface area contributed by atoms with Crippen LogP contribution in [0.25, 0.3) is 11.8 Å². The molecule has 1 heterocycles. The molecule has 0 aliphatic carbocycles. The van der Waals surface area contributed by atoms with E-state index in [1.54, 1.807) is 47.3 Å². The molecule has 0 fully saturated rings. The largest absolute Gasteiger partial charge is 0.478 e. The number of rotatable bonds is 5. The lowest BCUT2D eigenvalue weighted by Gasteiger charge is -2.08. The van der Waals surface area contributed by atoms with Gasteiger partial charge < -0.3 is 10.4 Å². The molecule has 0 aliphatic rings. The van der Waals surface area contributed by atoms with Gasteiger partial charge in [-0.3, -0.25) is 4.79 Å². The van der Waals surface area contributed by atoms with E-state index in [0.717, 1.165) is 23.0 Å². The number of anilines is 1. The fourth-order valence-electron chi connectivity index (χ4n) is 2.44. The number of benzene rings is 2. The highest BCUT2D eigenvalue weighted by molar-refractivity contribution is 6.04. The fraction of sp³-hybridized carbons (Fsp3) is 0.0500. The number of hydrogen-bond acceptors (Lipinski definition) is 3. The summed E-state index contributed by atoms with van der Waals surface area (Å²) in [6, 6.07) is 16.0. The summed E-state index contributed by atoms with van der Waals surface area (Å²) in [5.41, 5.74) is 3.81. The van der Waals surface area contributed by atoms with Gasteiger partial charge in [-0.25, -0.2) is 9.48 Å². The summed E-state index contributed by atoms with van der Waals surface area (Å²) < 4.78 is 1.80. The van der Waals surface area contributed by atoms with Crippen molar-refractivity contribution in [1.82, 2.24) is 9.78 Å². The number of nitrogens with one attached hydrogen (secondary N) is 1. The average Bonchev–Trinajstić information content (AvgIpc) is 3.07. The van der Waals surface area contributed by atoms with Crippen molar-refractivity contribution in [3.8, 4) is 5.69 Å². The molecule has 0 spiro atoms. The minimum Gasteiger partial charge on any atom is -0.478 e. The van der Waals surface area contributed by atoms with Gasteiger partial charge in [-0.05, 0) is 61.0 Å². The van der Waals surface area contributed by atoms with Crippen molar-refractivity contribution in [2.24, 2.45) is 0 Å². The van der Waals surface area contributed by atoms with E-state index in [0.29, 0.717) is 11.3 Å². The van der Waals surface area contributed by atoms with E-state index < -0.39 is 5.97 Å². The second kappa shape index (κ2) is 7.48. The SMILES string of the molecule is Cc1ccnn1-c1ccc(C(=O)Nc2ccc(/C=C/C(=O)O)cc2)cc1. The molecular weight excluding hydrogens is 330 g/mol. The van der Waals surface area contributed by atoms with Crippen LogP contribution in [0.4, 0.5) is 5.69 Å². The first-order chi connectivity index (χ1) is 12.5. The predicted octanol–water partition coefficient (Wildman–Crippen LogP) is 3.53. The molecule has 1 amide bonds. The van der Waals surface area contributed by atoms with Crippen molar-refractivity contribution in [2.75, 3.05) is 5.32 Å². The Balaban J connectivity index is 1.68. The first kappa shape index (κ1) is 17.2. The second-order valence-electron chi connectivity index (χ2n) is 5.68.